The van der Waals surface area contributed by atoms with Crippen molar-refractivity contribution in [3.8, 4) is 6.07 Å². The molecule has 0 bridgehead atoms. The highest BCUT2D eigenvalue weighted by Crippen LogP contribution is 2.18. The first-order chi connectivity index (χ1) is 12.5. The van der Waals surface area contributed by atoms with Crippen LogP contribution in [0, 0.1) is 11.3 Å². The number of esters is 1. The van der Waals surface area contributed by atoms with Crippen molar-refractivity contribution >= 4 is 39.2 Å². The van der Waals surface area contributed by atoms with E-state index >= 15 is 0 Å². The van der Waals surface area contributed by atoms with Crippen LogP contribution in [-0.4, -0.2) is 18.5 Å². The van der Waals surface area contributed by atoms with Crippen LogP contribution in [-0.2, 0) is 9.53 Å². The standard InChI is InChI=1S/C19H16BrN3O3/c1-2-26-19(25)16-5-3-4-6-17(16)23-18(24)13(11-21)12-22-15-9-7-14(20)8-10-15/h3-10,12,22H,2H2,1H3,(H,23,24)/b13-12-. The van der Waals surface area contributed by atoms with Gasteiger partial charge in [-0.15, -0.1) is 0 Å². The number of nitrogens with zero attached hydrogens (tertiary/aromatic N) is 1. The number of halogens is 1. The number of hydrogen-bond donors (Lipinski definition) is 2. The number of carbonyl (C=O) groups is 2. The molecule has 0 atom stereocenters. The highest BCUT2D eigenvalue weighted by atomic mass is 79.9. The predicted octanol–water partition coefficient (Wildman–Crippen LogP) is 4.08. The Morgan fingerprint density at radius 1 is 1.19 bits per heavy atom. The van der Waals surface area contributed by atoms with E-state index in [0.29, 0.717) is 0 Å². The fraction of sp³-hybridized carbons (Fsp3) is 0.105. The minimum atomic E-state index is -0.631. The molecule has 6 nitrogen and oxygen atoms in total. The summed E-state index contributed by atoms with van der Waals surface area (Å²) in [7, 11) is 0. The lowest BCUT2D eigenvalue weighted by atomic mass is 10.1. The average molecular weight is 414 g/mol. The summed E-state index contributed by atoms with van der Waals surface area (Å²) in [6, 6.07) is 15.5. The Kier molecular flexibility index (Phi) is 6.94. The monoisotopic (exact) mass is 413 g/mol. The number of rotatable bonds is 6. The van der Waals surface area contributed by atoms with E-state index in [0.717, 1.165) is 10.2 Å². The van der Waals surface area contributed by atoms with Crippen molar-refractivity contribution in [1.82, 2.24) is 0 Å². The van der Waals surface area contributed by atoms with Gasteiger partial charge in [0.25, 0.3) is 5.91 Å². The fourth-order valence-corrected chi connectivity index (χ4v) is 2.28. The summed E-state index contributed by atoms with van der Waals surface area (Å²) in [6.45, 7) is 1.92. The molecular weight excluding hydrogens is 398 g/mol. The molecule has 0 spiro atoms. The zero-order valence-electron chi connectivity index (χ0n) is 14.0. The predicted molar refractivity (Wildman–Crippen MR) is 102 cm³/mol. The van der Waals surface area contributed by atoms with Crippen molar-refractivity contribution in [2.75, 3.05) is 17.2 Å². The summed E-state index contributed by atoms with van der Waals surface area (Å²) < 4.78 is 5.88. The topological polar surface area (TPSA) is 91.2 Å². The van der Waals surface area contributed by atoms with Crippen LogP contribution in [0.3, 0.4) is 0 Å². The summed E-state index contributed by atoms with van der Waals surface area (Å²) in [4.78, 5) is 24.3. The smallest absolute Gasteiger partial charge is 0.340 e. The number of nitrogens with one attached hydrogen (secondary N) is 2. The van der Waals surface area contributed by atoms with Crippen molar-refractivity contribution in [2.45, 2.75) is 6.92 Å². The van der Waals surface area contributed by atoms with Crippen molar-refractivity contribution in [1.29, 1.82) is 5.26 Å². The lowest BCUT2D eigenvalue weighted by Crippen LogP contribution is -2.17. The third-order valence-corrected chi connectivity index (χ3v) is 3.79. The molecule has 0 fully saturated rings. The van der Waals surface area contributed by atoms with Crippen molar-refractivity contribution < 1.29 is 14.3 Å². The average Bonchev–Trinajstić information content (AvgIpc) is 2.64. The van der Waals surface area contributed by atoms with Crippen LogP contribution in [0.1, 0.15) is 17.3 Å². The van der Waals surface area contributed by atoms with E-state index in [1.54, 1.807) is 43.3 Å². The van der Waals surface area contributed by atoms with E-state index in [1.807, 2.05) is 18.2 Å². The number of para-hydroxylation sites is 1. The highest BCUT2D eigenvalue weighted by molar-refractivity contribution is 9.10. The second kappa shape index (κ2) is 9.39. The van der Waals surface area contributed by atoms with Gasteiger partial charge >= 0.3 is 5.97 Å². The Hall–Kier alpha value is -3.11. The molecule has 2 aromatic rings. The van der Waals surface area contributed by atoms with Gasteiger partial charge < -0.3 is 15.4 Å². The van der Waals surface area contributed by atoms with Gasteiger partial charge in [-0.1, -0.05) is 28.1 Å². The normalized spacial score (nSPS) is 10.6. The maximum atomic E-state index is 12.4. The highest BCUT2D eigenvalue weighted by Gasteiger charge is 2.16. The summed E-state index contributed by atoms with van der Waals surface area (Å²) >= 11 is 3.33. The van der Waals surface area contributed by atoms with Crippen molar-refractivity contribution in [3.63, 3.8) is 0 Å². The summed E-state index contributed by atoms with van der Waals surface area (Å²) in [5.74, 6) is -1.17. The minimum absolute atomic E-state index is 0.133. The van der Waals surface area contributed by atoms with E-state index < -0.39 is 11.9 Å². The molecule has 0 aliphatic carbocycles. The van der Waals surface area contributed by atoms with Gasteiger partial charge in [-0.3, -0.25) is 4.79 Å². The molecule has 0 unspecified atom stereocenters. The van der Waals surface area contributed by atoms with Crippen molar-refractivity contribution in [2.24, 2.45) is 0 Å². The van der Waals surface area contributed by atoms with Gasteiger partial charge in [0, 0.05) is 16.4 Å². The van der Waals surface area contributed by atoms with Gasteiger partial charge in [0.05, 0.1) is 17.9 Å². The SMILES string of the molecule is CCOC(=O)c1ccccc1NC(=O)/C(C#N)=C\Nc1ccc(Br)cc1. The Balaban J connectivity index is 2.15. The third kappa shape index (κ3) is 5.19. The van der Waals surface area contributed by atoms with Gasteiger partial charge in [0.15, 0.2) is 0 Å². The van der Waals surface area contributed by atoms with Crippen LogP contribution >= 0.6 is 15.9 Å². The molecule has 2 rings (SSSR count). The van der Waals surface area contributed by atoms with Crippen LogP contribution in [0.4, 0.5) is 11.4 Å². The van der Waals surface area contributed by atoms with Gasteiger partial charge in [0.1, 0.15) is 11.6 Å². The van der Waals surface area contributed by atoms with E-state index in [2.05, 4.69) is 26.6 Å². The maximum absolute atomic E-state index is 12.4. The molecule has 0 saturated heterocycles. The number of ether oxygens (including phenoxy) is 1. The summed E-state index contributed by atoms with van der Waals surface area (Å²) in [5.41, 5.74) is 1.09. The first-order valence-corrected chi connectivity index (χ1v) is 8.54. The largest absolute Gasteiger partial charge is 0.462 e. The number of hydrogen-bond acceptors (Lipinski definition) is 5. The zero-order chi connectivity index (χ0) is 18.9. The second-order valence-electron chi connectivity index (χ2n) is 5.04. The minimum Gasteiger partial charge on any atom is -0.462 e. The van der Waals surface area contributed by atoms with Gasteiger partial charge in [0.2, 0.25) is 0 Å². The quantitative estimate of drug-likeness (QED) is 0.422. The zero-order valence-corrected chi connectivity index (χ0v) is 15.5. The van der Waals surface area contributed by atoms with Crippen LogP contribution < -0.4 is 10.6 Å². The molecule has 26 heavy (non-hydrogen) atoms. The summed E-state index contributed by atoms with van der Waals surface area (Å²) in [5, 5.41) is 14.7. The Morgan fingerprint density at radius 2 is 1.88 bits per heavy atom. The fourth-order valence-electron chi connectivity index (χ4n) is 2.02. The molecule has 0 aliphatic heterocycles. The van der Waals surface area contributed by atoms with E-state index in [-0.39, 0.29) is 23.4 Å². The Bertz CT molecular complexity index is 870. The second-order valence-corrected chi connectivity index (χ2v) is 5.96. The lowest BCUT2D eigenvalue weighted by molar-refractivity contribution is -0.112. The Morgan fingerprint density at radius 3 is 2.54 bits per heavy atom. The van der Waals surface area contributed by atoms with E-state index in [1.165, 1.54) is 6.20 Å². The first kappa shape index (κ1) is 19.2. The third-order valence-electron chi connectivity index (χ3n) is 3.26. The molecule has 7 heteroatoms. The lowest BCUT2D eigenvalue weighted by Gasteiger charge is -2.10. The number of anilines is 2. The number of nitriles is 1. The number of amides is 1. The number of benzene rings is 2. The van der Waals surface area contributed by atoms with Crippen LogP contribution in [0.2, 0.25) is 0 Å². The van der Waals surface area contributed by atoms with Crippen LogP contribution in [0.25, 0.3) is 0 Å². The molecule has 0 radical (unpaired) electrons. The first-order valence-electron chi connectivity index (χ1n) is 7.75. The molecule has 0 saturated carbocycles. The molecular formula is C19H16BrN3O3. The number of carbonyl (C=O) groups excluding carboxylic acids is 2. The van der Waals surface area contributed by atoms with Crippen LogP contribution in [0.15, 0.2) is 64.8 Å². The summed E-state index contributed by atoms with van der Waals surface area (Å²) in [6.07, 6.45) is 1.31. The van der Waals surface area contributed by atoms with Gasteiger partial charge in [-0.2, -0.15) is 5.26 Å². The van der Waals surface area contributed by atoms with Gasteiger partial charge in [-0.25, -0.2) is 4.79 Å². The van der Waals surface area contributed by atoms with Gasteiger partial charge in [-0.05, 0) is 43.3 Å². The van der Waals surface area contributed by atoms with E-state index in [4.69, 9.17) is 4.74 Å². The molecule has 0 aromatic heterocycles. The van der Waals surface area contributed by atoms with E-state index in [9.17, 15) is 14.9 Å². The Labute approximate surface area is 159 Å². The van der Waals surface area contributed by atoms with Crippen molar-refractivity contribution in [3.05, 3.63) is 70.3 Å². The molecule has 132 valence electrons. The molecule has 2 N–H and O–H groups in total. The van der Waals surface area contributed by atoms with Crippen LogP contribution in [0.5, 0.6) is 0 Å². The molecule has 1 amide bonds. The molecule has 0 heterocycles. The molecule has 2 aromatic carbocycles. The maximum Gasteiger partial charge on any atom is 0.340 e. The molecule has 0 aliphatic rings.